The minimum absolute atomic E-state index is 0.0708. The van der Waals surface area contributed by atoms with E-state index in [1.165, 1.54) is 22.9 Å². The summed E-state index contributed by atoms with van der Waals surface area (Å²) in [7, 11) is 0. The molecule has 7 nitrogen and oxygen atoms in total. The largest absolute Gasteiger partial charge is 0.414 e. The number of nitrogens with one attached hydrogen (secondary N) is 1. The first-order valence-corrected chi connectivity index (χ1v) is 9.22. The van der Waals surface area contributed by atoms with Crippen LogP contribution in [0.1, 0.15) is 17.0 Å². The van der Waals surface area contributed by atoms with Crippen molar-refractivity contribution in [3.8, 4) is 0 Å². The van der Waals surface area contributed by atoms with E-state index in [0.29, 0.717) is 49.7 Å². The molecule has 2 aromatic rings. The van der Waals surface area contributed by atoms with Crippen LogP contribution in [0, 0.1) is 13.8 Å². The van der Waals surface area contributed by atoms with Gasteiger partial charge in [0.05, 0.1) is 25.5 Å². The highest BCUT2D eigenvalue weighted by atomic mass is 32.2. The average Bonchev–Trinajstić information content (AvgIpc) is 3.07. The number of hydrogen-bond acceptors (Lipinski definition) is 7. The summed E-state index contributed by atoms with van der Waals surface area (Å²) in [6.07, 6.45) is 0. The lowest BCUT2D eigenvalue weighted by Crippen LogP contribution is -2.41. The van der Waals surface area contributed by atoms with Crippen LogP contribution in [0.2, 0.25) is 0 Å². The van der Waals surface area contributed by atoms with E-state index in [0.717, 1.165) is 5.69 Å². The molecule has 25 heavy (non-hydrogen) atoms. The predicted molar refractivity (Wildman–Crippen MR) is 95.7 cm³/mol. The standard InChI is InChI=1S/C17H22N4O3S/c1-12-3-4-14(13(2)9-12)18-10-15-19-20-17(24-15)25-11-16(22)21-5-7-23-8-6-21/h3-4,9,18H,5-8,10-11H2,1-2H3. The molecule has 1 saturated heterocycles. The number of benzene rings is 1. The highest BCUT2D eigenvalue weighted by Crippen LogP contribution is 2.19. The number of rotatable bonds is 6. The molecule has 1 amide bonds. The summed E-state index contributed by atoms with van der Waals surface area (Å²) in [5, 5.41) is 11.7. The fourth-order valence-corrected chi connectivity index (χ4v) is 3.26. The quantitative estimate of drug-likeness (QED) is 0.789. The molecule has 1 fully saturated rings. The molecule has 0 saturated carbocycles. The highest BCUT2D eigenvalue weighted by Gasteiger charge is 2.18. The topological polar surface area (TPSA) is 80.5 Å². The number of thioether (sulfide) groups is 1. The van der Waals surface area contributed by atoms with Gasteiger partial charge in [-0.1, -0.05) is 29.5 Å². The van der Waals surface area contributed by atoms with Gasteiger partial charge in [0.2, 0.25) is 11.8 Å². The summed E-state index contributed by atoms with van der Waals surface area (Å²) in [4.78, 5) is 13.9. The minimum Gasteiger partial charge on any atom is -0.414 e. The monoisotopic (exact) mass is 362 g/mol. The number of anilines is 1. The Balaban J connectivity index is 1.47. The van der Waals surface area contributed by atoms with Crippen LogP contribution in [-0.4, -0.2) is 53.1 Å². The van der Waals surface area contributed by atoms with Gasteiger partial charge in [0.1, 0.15) is 0 Å². The van der Waals surface area contributed by atoms with Crippen molar-refractivity contribution in [3.05, 3.63) is 35.2 Å². The van der Waals surface area contributed by atoms with E-state index in [2.05, 4.69) is 41.5 Å². The van der Waals surface area contributed by atoms with Gasteiger partial charge in [-0.15, -0.1) is 10.2 Å². The van der Waals surface area contributed by atoms with E-state index in [9.17, 15) is 4.79 Å². The van der Waals surface area contributed by atoms with Gasteiger partial charge in [0.25, 0.3) is 5.22 Å². The molecule has 0 aliphatic carbocycles. The van der Waals surface area contributed by atoms with Gasteiger partial charge < -0.3 is 19.4 Å². The van der Waals surface area contributed by atoms with Crippen LogP contribution in [0.3, 0.4) is 0 Å². The first-order valence-electron chi connectivity index (χ1n) is 8.23. The molecule has 1 aliphatic heterocycles. The van der Waals surface area contributed by atoms with Crippen LogP contribution in [0.15, 0.2) is 27.8 Å². The summed E-state index contributed by atoms with van der Waals surface area (Å²) < 4.78 is 10.8. The van der Waals surface area contributed by atoms with Crippen LogP contribution in [0.5, 0.6) is 0 Å². The Morgan fingerprint density at radius 3 is 2.84 bits per heavy atom. The van der Waals surface area contributed by atoms with Crippen LogP contribution in [0.4, 0.5) is 5.69 Å². The number of nitrogens with zero attached hydrogens (tertiary/aromatic N) is 3. The Morgan fingerprint density at radius 2 is 2.08 bits per heavy atom. The van der Waals surface area contributed by atoms with Crippen molar-refractivity contribution >= 4 is 23.4 Å². The number of hydrogen-bond donors (Lipinski definition) is 1. The Hall–Kier alpha value is -2.06. The maximum Gasteiger partial charge on any atom is 0.277 e. The second-order valence-corrected chi connectivity index (χ2v) is 6.84. The van der Waals surface area contributed by atoms with Crippen LogP contribution in [0.25, 0.3) is 0 Å². The summed E-state index contributed by atoms with van der Waals surface area (Å²) in [5.74, 6) is 0.870. The van der Waals surface area contributed by atoms with Crippen molar-refractivity contribution in [3.63, 3.8) is 0 Å². The van der Waals surface area contributed by atoms with Crippen LogP contribution in [-0.2, 0) is 16.1 Å². The molecule has 0 bridgehead atoms. The molecule has 3 rings (SSSR count). The molecule has 0 unspecified atom stereocenters. The van der Waals surface area contributed by atoms with E-state index < -0.39 is 0 Å². The van der Waals surface area contributed by atoms with Crippen molar-refractivity contribution in [1.29, 1.82) is 0 Å². The van der Waals surface area contributed by atoms with Gasteiger partial charge in [-0.2, -0.15) is 0 Å². The van der Waals surface area contributed by atoms with Crippen molar-refractivity contribution < 1.29 is 13.9 Å². The van der Waals surface area contributed by atoms with Crippen molar-refractivity contribution in [2.24, 2.45) is 0 Å². The number of aromatic nitrogens is 2. The number of amides is 1. The lowest BCUT2D eigenvalue weighted by atomic mass is 10.1. The normalized spacial score (nSPS) is 14.6. The molecule has 0 radical (unpaired) electrons. The smallest absolute Gasteiger partial charge is 0.277 e. The number of carbonyl (C=O) groups excluding carboxylic acids is 1. The summed E-state index contributed by atoms with van der Waals surface area (Å²) >= 11 is 1.27. The zero-order valence-electron chi connectivity index (χ0n) is 14.4. The number of ether oxygens (including phenoxy) is 1. The van der Waals surface area contributed by atoms with Gasteiger partial charge in [-0.3, -0.25) is 4.79 Å². The molecule has 1 N–H and O–H groups in total. The second kappa shape index (κ2) is 8.35. The first-order chi connectivity index (χ1) is 12.1. The Bertz CT molecular complexity index is 728. The van der Waals surface area contributed by atoms with Crippen LogP contribution < -0.4 is 5.32 Å². The molecule has 0 atom stereocenters. The summed E-state index contributed by atoms with van der Waals surface area (Å²) in [6, 6.07) is 6.22. The molecule has 0 spiro atoms. The van der Waals surface area contributed by atoms with E-state index in [1.54, 1.807) is 4.90 Å². The SMILES string of the molecule is Cc1ccc(NCc2nnc(SCC(=O)N3CCOCC3)o2)c(C)c1. The Labute approximate surface area is 151 Å². The molecule has 8 heteroatoms. The van der Waals surface area contributed by atoms with Gasteiger partial charge in [0.15, 0.2) is 0 Å². The number of aryl methyl sites for hydroxylation is 2. The summed E-state index contributed by atoms with van der Waals surface area (Å²) in [6.45, 7) is 7.08. The van der Waals surface area contributed by atoms with Gasteiger partial charge in [0, 0.05) is 18.8 Å². The fraction of sp³-hybridized carbons (Fsp3) is 0.471. The van der Waals surface area contributed by atoms with E-state index in [4.69, 9.17) is 9.15 Å². The van der Waals surface area contributed by atoms with Crippen molar-refractivity contribution in [2.45, 2.75) is 25.6 Å². The fourth-order valence-electron chi connectivity index (χ4n) is 2.58. The van der Waals surface area contributed by atoms with Crippen molar-refractivity contribution in [2.75, 3.05) is 37.4 Å². The van der Waals surface area contributed by atoms with E-state index in [-0.39, 0.29) is 5.91 Å². The highest BCUT2D eigenvalue weighted by molar-refractivity contribution is 7.99. The third-order valence-electron chi connectivity index (χ3n) is 3.94. The minimum atomic E-state index is 0.0708. The molecule has 1 aliphatic rings. The number of morpholine rings is 1. The molecular formula is C17H22N4O3S. The second-order valence-electron chi connectivity index (χ2n) is 5.92. The lowest BCUT2D eigenvalue weighted by molar-refractivity contribution is -0.132. The third kappa shape index (κ3) is 4.96. The van der Waals surface area contributed by atoms with Gasteiger partial charge >= 0.3 is 0 Å². The molecule has 1 aromatic heterocycles. The zero-order chi connectivity index (χ0) is 17.6. The van der Waals surface area contributed by atoms with Gasteiger partial charge in [-0.25, -0.2) is 0 Å². The van der Waals surface area contributed by atoms with Gasteiger partial charge in [-0.05, 0) is 25.5 Å². The Kier molecular flexibility index (Phi) is 5.93. The zero-order valence-corrected chi connectivity index (χ0v) is 15.3. The van der Waals surface area contributed by atoms with Crippen LogP contribution >= 0.6 is 11.8 Å². The predicted octanol–water partition coefficient (Wildman–Crippen LogP) is 2.25. The third-order valence-corrected chi connectivity index (χ3v) is 4.75. The average molecular weight is 362 g/mol. The first kappa shape index (κ1) is 17.8. The Morgan fingerprint density at radius 1 is 1.28 bits per heavy atom. The van der Waals surface area contributed by atoms with Crippen molar-refractivity contribution in [1.82, 2.24) is 15.1 Å². The lowest BCUT2D eigenvalue weighted by Gasteiger charge is -2.26. The maximum atomic E-state index is 12.1. The number of carbonyl (C=O) groups is 1. The van der Waals surface area contributed by atoms with E-state index in [1.807, 2.05) is 6.07 Å². The molecule has 134 valence electrons. The van der Waals surface area contributed by atoms with E-state index >= 15 is 0 Å². The molecule has 1 aromatic carbocycles. The molecule has 2 heterocycles. The molecular weight excluding hydrogens is 340 g/mol. The summed E-state index contributed by atoms with van der Waals surface area (Å²) in [5.41, 5.74) is 3.44. The maximum absolute atomic E-state index is 12.1.